The highest BCUT2D eigenvalue weighted by Crippen LogP contribution is 2.21. The summed E-state index contributed by atoms with van der Waals surface area (Å²) in [4.78, 5) is 10.7. The number of rotatable bonds is 5. The summed E-state index contributed by atoms with van der Waals surface area (Å²) in [5, 5.41) is 12.4. The van der Waals surface area contributed by atoms with Crippen molar-refractivity contribution >= 4 is 22.4 Å². The smallest absolute Gasteiger partial charge is 0.132 e. The second-order valence-electron chi connectivity index (χ2n) is 6.24. The highest BCUT2D eigenvalue weighted by atomic mass is 16.4. The van der Waals surface area contributed by atoms with Gasteiger partial charge >= 0.3 is 0 Å². The van der Waals surface area contributed by atoms with Crippen molar-refractivity contribution in [3.63, 3.8) is 0 Å². The van der Waals surface area contributed by atoms with E-state index in [1.807, 2.05) is 24.3 Å². The Morgan fingerprint density at radius 2 is 1.31 bits per heavy atom. The lowest BCUT2D eigenvalue weighted by atomic mass is 10.1. The molecule has 0 unspecified atom stereocenters. The van der Waals surface area contributed by atoms with Crippen molar-refractivity contribution < 1.29 is 9.90 Å². The predicted octanol–water partition coefficient (Wildman–Crippen LogP) is 4.26. The molecule has 3 aromatic carbocycles. The second-order valence-corrected chi connectivity index (χ2v) is 6.24. The Kier molecular flexibility index (Phi) is 6.93. The summed E-state index contributed by atoms with van der Waals surface area (Å²) in [7, 11) is 0. The van der Waals surface area contributed by atoms with Crippen LogP contribution in [0, 0.1) is 0 Å². The van der Waals surface area contributed by atoms with Crippen LogP contribution in [0.4, 0.5) is 5.69 Å². The van der Waals surface area contributed by atoms with Gasteiger partial charge < -0.3 is 9.90 Å². The molecule has 3 aromatic rings. The second kappa shape index (κ2) is 9.16. The lowest BCUT2D eigenvalue weighted by Crippen LogP contribution is -2.48. The third kappa shape index (κ3) is 4.30. The van der Waals surface area contributed by atoms with Crippen LogP contribution in [-0.2, 0) is 0 Å². The highest BCUT2D eigenvalue weighted by Gasteiger charge is 2.23. The van der Waals surface area contributed by atoms with Crippen LogP contribution in [0.25, 0.3) is 10.8 Å². The van der Waals surface area contributed by atoms with E-state index < -0.39 is 5.97 Å². The summed E-state index contributed by atoms with van der Waals surface area (Å²) >= 11 is 0. The molecule has 0 aliphatic rings. The molecule has 0 saturated heterocycles. The van der Waals surface area contributed by atoms with Gasteiger partial charge in [-0.1, -0.05) is 60.7 Å². The Bertz CT molecular complexity index is 825. The molecular formula is C23H27NO2. The third-order valence-electron chi connectivity index (χ3n) is 5.13. The van der Waals surface area contributed by atoms with Crippen molar-refractivity contribution in [1.29, 1.82) is 0 Å². The molecule has 136 valence electrons. The summed E-state index contributed by atoms with van der Waals surface area (Å²) in [5.74, 6) is -1.13. The molecule has 0 N–H and O–H groups in total. The molecule has 26 heavy (non-hydrogen) atoms. The molecule has 0 amide bonds. The van der Waals surface area contributed by atoms with E-state index in [-0.39, 0.29) is 5.56 Å². The maximum absolute atomic E-state index is 10.7. The van der Waals surface area contributed by atoms with Crippen LogP contribution >= 0.6 is 0 Å². The maximum atomic E-state index is 10.7. The zero-order valence-corrected chi connectivity index (χ0v) is 15.8. The average Bonchev–Trinajstić information content (AvgIpc) is 2.70. The number of hydrogen-bond acceptors (Lipinski definition) is 2. The Hall–Kier alpha value is -2.65. The summed E-state index contributed by atoms with van der Waals surface area (Å²) in [6.07, 6.45) is 0. The van der Waals surface area contributed by atoms with Gasteiger partial charge in [-0.2, -0.15) is 0 Å². The fourth-order valence-electron chi connectivity index (χ4n) is 3.37. The van der Waals surface area contributed by atoms with Crippen molar-refractivity contribution in [3.8, 4) is 0 Å². The average molecular weight is 349 g/mol. The number of fused-ring (bicyclic) bond motifs is 1. The lowest BCUT2D eigenvalue weighted by Gasteiger charge is -2.35. The van der Waals surface area contributed by atoms with Crippen LogP contribution in [0.1, 0.15) is 31.1 Å². The fraction of sp³-hybridized carbons (Fsp3) is 0.261. The third-order valence-corrected chi connectivity index (χ3v) is 5.13. The number of aromatic carboxylic acids is 1. The number of carboxylic acid groups (broad SMARTS) is 1. The molecule has 3 heteroatoms. The van der Waals surface area contributed by atoms with Crippen molar-refractivity contribution in [3.05, 3.63) is 78.4 Å². The van der Waals surface area contributed by atoms with E-state index in [0.717, 1.165) is 15.3 Å². The van der Waals surface area contributed by atoms with Crippen LogP contribution in [-0.4, -0.2) is 25.6 Å². The first kappa shape index (κ1) is 19.7. The van der Waals surface area contributed by atoms with Gasteiger partial charge in [0, 0.05) is 5.56 Å². The Labute approximate surface area is 156 Å². The van der Waals surface area contributed by atoms with E-state index in [0.29, 0.717) is 0 Å². The molecule has 0 heterocycles. The Balaban J connectivity index is 0.000000187. The quantitative estimate of drug-likeness (QED) is 0.646. The molecule has 0 fully saturated rings. The van der Waals surface area contributed by atoms with Gasteiger partial charge in [0.25, 0.3) is 0 Å². The van der Waals surface area contributed by atoms with E-state index in [2.05, 4.69) is 51.1 Å². The summed E-state index contributed by atoms with van der Waals surface area (Å²) in [5.41, 5.74) is 1.69. The van der Waals surface area contributed by atoms with Crippen LogP contribution in [0.15, 0.2) is 72.8 Å². The minimum atomic E-state index is -1.13. The Morgan fingerprint density at radius 3 is 1.88 bits per heavy atom. The number of hydrogen-bond donors (Lipinski definition) is 0. The number of nitrogens with zero attached hydrogens (tertiary/aromatic N) is 1. The summed E-state index contributed by atoms with van der Waals surface area (Å²) < 4.78 is 1.10. The molecule has 3 nitrogen and oxygen atoms in total. The van der Waals surface area contributed by atoms with Crippen LogP contribution in [0.2, 0.25) is 0 Å². The monoisotopic (exact) mass is 349 g/mol. The molecule has 0 bridgehead atoms. The molecule has 0 spiro atoms. The fourth-order valence-corrected chi connectivity index (χ4v) is 3.37. The van der Waals surface area contributed by atoms with E-state index >= 15 is 0 Å². The highest BCUT2D eigenvalue weighted by molar-refractivity contribution is 6.02. The van der Waals surface area contributed by atoms with Gasteiger partial charge in [0.2, 0.25) is 0 Å². The summed E-state index contributed by atoms with van der Waals surface area (Å²) in [6, 6.07) is 23.3. The topological polar surface area (TPSA) is 40.1 Å². The number of carbonyl (C=O) groups excluding carboxylic acids is 1. The molecule has 0 radical (unpaired) electrons. The molecular weight excluding hydrogens is 322 g/mol. The van der Waals surface area contributed by atoms with Gasteiger partial charge in [-0.25, -0.2) is 0 Å². The van der Waals surface area contributed by atoms with Gasteiger partial charge in [-0.15, -0.1) is 0 Å². The SMILES string of the molecule is CC[N+](CC)(CC)c1ccccc1.O=C([O-])c1cccc2ccccc12. The number of quaternary nitrogens is 1. The standard InChI is InChI=1S/C12H20N.C11H8O2/c1-4-13(5-2,6-3)12-10-8-7-9-11-12;12-11(13)10-7-3-5-8-4-1-2-6-9(8)10/h7-11H,4-6H2,1-3H3;1-7H,(H,12,13)/q+1;/p-1. The minimum Gasteiger partial charge on any atom is -0.545 e. The van der Waals surface area contributed by atoms with Gasteiger partial charge in [0.05, 0.1) is 25.6 Å². The molecule has 0 atom stereocenters. The van der Waals surface area contributed by atoms with Gasteiger partial charge in [-0.3, -0.25) is 4.48 Å². The number of para-hydroxylation sites is 1. The zero-order chi connectivity index (χ0) is 19.0. The van der Waals surface area contributed by atoms with E-state index in [1.165, 1.54) is 25.3 Å². The minimum absolute atomic E-state index is 0.248. The van der Waals surface area contributed by atoms with Gasteiger partial charge in [-0.05, 0) is 43.7 Å². The molecule has 0 aromatic heterocycles. The van der Waals surface area contributed by atoms with E-state index in [4.69, 9.17) is 0 Å². The van der Waals surface area contributed by atoms with Crippen LogP contribution in [0.3, 0.4) is 0 Å². The number of carbonyl (C=O) groups is 1. The number of carboxylic acids is 1. The van der Waals surface area contributed by atoms with Crippen molar-refractivity contribution in [2.45, 2.75) is 20.8 Å². The number of benzene rings is 3. The first-order valence-corrected chi connectivity index (χ1v) is 9.18. The van der Waals surface area contributed by atoms with Crippen molar-refractivity contribution in [2.24, 2.45) is 0 Å². The van der Waals surface area contributed by atoms with E-state index in [9.17, 15) is 9.90 Å². The van der Waals surface area contributed by atoms with Gasteiger partial charge in [0.15, 0.2) is 0 Å². The first-order chi connectivity index (χ1) is 12.6. The molecule has 0 saturated carbocycles. The van der Waals surface area contributed by atoms with Crippen molar-refractivity contribution in [2.75, 3.05) is 19.6 Å². The largest absolute Gasteiger partial charge is 0.545 e. The molecule has 3 rings (SSSR count). The molecule has 0 aliphatic carbocycles. The Morgan fingerprint density at radius 1 is 0.769 bits per heavy atom. The summed E-state index contributed by atoms with van der Waals surface area (Å²) in [6.45, 7) is 10.3. The molecule has 0 aliphatic heterocycles. The first-order valence-electron chi connectivity index (χ1n) is 9.18. The maximum Gasteiger partial charge on any atom is 0.132 e. The predicted molar refractivity (Wildman–Crippen MR) is 108 cm³/mol. The van der Waals surface area contributed by atoms with Crippen molar-refractivity contribution in [1.82, 2.24) is 4.48 Å². The lowest BCUT2D eigenvalue weighted by molar-refractivity contribution is -0.254. The van der Waals surface area contributed by atoms with E-state index in [1.54, 1.807) is 18.2 Å². The zero-order valence-electron chi connectivity index (χ0n) is 15.8. The van der Waals surface area contributed by atoms with Gasteiger partial charge in [0.1, 0.15) is 5.69 Å². The van der Waals surface area contributed by atoms with Crippen LogP contribution < -0.4 is 9.59 Å². The van der Waals surface area contributed by atoms with Crippen LogP contribution in [0.5, 0.6) is 0 Å². The normalized spacial score (nSPS) is 10.9.